The zero-order valence-electron chi connectivity index (χ0n) is 10.2. The molecule has 0 amide bonds. The lowest BCUT2D eigenvalue weighted by molar-refractivity contribution is -0.385. The minimum Gasteiger partial charge on any atom is -0.368 e. The second-order valence-electron chi connectivity index (χ2n) is 3.88. The van der Waals surface area contributed by atoms with Gasteiger partial charge in [0, 0.05) is 10.2 Å². The Labute approximate surface area is 127 Å². The molecule has 2 rings (SSSR count). The zero-order chi connectivity index (χ0) is 14.9. The molecule has 0 fully saturated rings. The molecule has 2 aromatic rings. The molecule has 0 aliphatic heterocycles. The molecule has 1 aromatic heterocycles. The molecule has 9 heteroatoms. The summed E-state index contributed by atoms with van der Waals surface area (Å²) >= 11 is 9.16. The first-order chi connectivity index (χ1) is 9.38. The van der Waals surface area contributed by atoms with Gasteiger partial charge in [-0.25, -0.2) is 4.98 Å². The van der Waals surface area contributed by atoms with Crippen molar-refractivity contribution in [3.8, 4) is 0 Å². The van der Waals surface area contributed by atoms with Crippen LogP contribution in [0.1, 0.15) is 5.69 Å². The average Bonchev–Trinajstić information content (AvgIpc) is 2.32. The fourth-order valence-electron chi connectivity index (χ4n) is 1.60. The first-order valence-electron chi connectivity index (χ1n) is 5.39. The van der Waals surface area contributed by atoms with Crippen LogP contribution in [0.25, 0.3) is 0 Å². The lowest BCUT2D eigenvalue weighted by Crippen LogP contribution is -2.07. The molecule has 0 aliphatic rings. The van der Waals surface area contributed by atoms with E-state index in [0.29, 0.717) is 15.2 Å². The third-order valence-electron chi connectivity index (χ3n) is 2.44. The molecule has 7 nitrogen and oxygen atoms in total. The van der Waals surface area contributed by atoms with E-state index < -0.39 is 4.92 Å². The summed E-state index contributed by atoms with van der Waals surface area (Å²) in [5.41, 5.74) is 6.08. The fourth-order valence-corrected chi connectivity index (χ4v) is 2.10. The number of nitrogens with two attached hydrogens (primary N) is 1. The molecule has 0 saturated heterocycles. The van der Waals surface area contributed by atoms with Crippen LogP contribution in [0.15, 0.2) is 22.7 Å². The minimum absolute atomic E-state index is 0.0363. The Kier molecular flexibility index (Phi) is 4.05. The number of hydrogen-bond acceptors (Lipinski definition) is 6. The molecule has 0 saturated carbocycles. The monoisotopic (exact) mass is 357 g/mol. The van der Waals surface area contributed by atoms with Gasteiger partial charge in [0.1, 0.15) is 5.69 Å². The summed E-state index contributed by atoms with van der Waals surface area (Å²) < 4.78 is 0.658. The Morgan fingerprint density at radius 3 is 2.75 bits per heavy atom. The first-order valence-corrected chi connectivity index (χ1v) is 6.56. The molecule has 0 atom stereocenters. The van der Waals surface area contributed by atoms with Crippen molar-refractivity contribution >= 4 is 50.7 Å². The highest BCUT2D eigenvalue weighted by Gasteiger charge is 2.21. The van der Waals surface area contributed by atoms with E-state index in [9.17, 15) is 10.1 Å². The molecule has 20 heavy (non-hydrogen) atoms. The summed E-state index contributed by atoms with van der Waals surface area (Å²) in [6.45, 7) is 1.50. The van der Waals surface area contributed by atoms with Crippen molar-refractivity contribution < 1.29 is 4.92 Å². The van der Waals surface area contributed by atoms with Gasteiger partial charge in [-0.3, -0.25) is 10.1 Å². The Morgan fingerprint density at radius 2 is 2.15 bits per heavy atom. The number of nitrogens with zero attached hydrogens (tertiary/aromatic N) is 3. The number of rotatable bonds is 3. The molecular formula is C11H9BrClN5O2. The predicted octanol–water partition coefficient (Wildman–Crippen LogP) is 3.43. The van der Waals surface area contributed by atoms with Crippen LogP contribution in [-0.2, 0) is 0 Å². The van der Waals surface area contributed by atoms with Crippen molar-refractivity contribution in [2.24, 2.45) is 0 Å². The van der Waals surface area contributed by atoms with Crippen LogP contribution < -0.4 is 11.1 Å². The van der Waals surface area contributed by atoms with E-state index in [1.165, 1.54) is 6.92 Å². The third-order valence-corrected chi connectivity index (χ3v) is 3.65. The zero-order valence-corrected chi connectivity index (χ0v) is 12.6. The molecule has 0 aliphatic carbocycles. The molecule has 1 aromatic carbocycles. The molecule has 0 bridgehead atoms. The van der Waals surface area contributed by atoms with E-state index >= 15 is 0 Å². The molecule has 104 valence electrons. The van der Waals surface area contributed by atoms with Crippen molar-refractivity contribution in [3.63, 3.8) is 0 Å². The van der Waals surface area contributed by atoms with Crippen molar-refractivity contribution in [3.05, 3.63) is 43.5 Å². The van der Waals surface area contributed by atoms with Gasteiger partial charge in [-0.2, -0.15) is 4.98 Å². The fraction of sp³-hybridized carbons (Fsp3) is 0.0909. The van der Waals surface area contributed by atoms with E-state index in [4.69, 9.17) is 17.3 Å². The topological polar surface area (TPSA) is 107 Å². The van der Waals surface area contributed by atoms with Gasteiger partial charge >= 0.3 is 5.69 Å². The predicted molar refractivity (Wildman–Crippen MR) is 80.3 cm³/mol. The van der Waals surface area contributed by atoms with E-state index in [0.717, 1.165) is 0 Å². The number of anilines is 3. The smallest absolute Gasteiger partial charge is 0.332 e. The van der Waals surface area contributed by atoms with Crippen LogP contribution in [-0.4, -0.2) is 14.9 Å². The maximum atomic E-state index is 11.1. The summed E-state index contributed by atoms with van der Waals surface area (Å²) in [5, 5.41) is 14.5. The molecular weight excluding hydrogens is 350 g/mol. The maximum Gasteiger partial charge on any atom is 0.332 e. The van der Waals surface area contributed by atoms with Gasteiger partial charge in [0.05, 0.1) is 9.95 Å². The number of aromatic nitrogens is 2. The Hall–Kier alpha value is -1.93. The summed E-state index contributed by atoms with van der Waals surface area (Å²) in [5.74, 6) is -0.00199. The van der Waals surface area contributed by atoms with Gasteiger partial charge < -0.3 is 11.1 Å². The van der Waals surface area contributed by atoms with Crippen LogP contribution in [0.2, 0.25) is 5.02 Å². The highest BCUT2D eigenvalue weighted by molar-refractivity contribution is 9.10. The molecule has 1 heterocycles. The summed E-state index contributed by atoms with van der Waals surface area (Å²) in [6.07, 6.45) is 0. The largest absolute Gasteiger partial charge is 0.368 e. The van der Waals surface area contributed by atoms with Gasteiger partial charge in [0.15, 0.2) is 0 Å². The first kappa shape index (κ1) is 14.5. The molecule has 0 radical (unpaired) electrons. The maximum absolute atomic E-state index is 11.1. The second-order valence-corrected chi connectivity index (χ2v) is 5.14. The van der Waals surface area contributed by atoms with Gasteiger partial charge in [-0.1, -0.05) is 11.6 Å². The SMILES string of the molecule is Cc1nc(N)nc(Nc2ccc(Cl)c(Br)c2)c1[N+](=O)[O-]. The Balaban J connectivity index is 2.47. The van der Waals surface area contributed by atoms with Gasteiger partial charge in [0.2, 0.25) is 11.8 Å². The standard InChI is InChI=1S/C11H9BrClN5O2/c1-5-9(18(19)20)10(17-11(14)15-5)16-6-2-3-8(13)7(12)4-6/h2-4H,1H3,(H3,14,15,16,17). The summed E-state index contributed by atoms with van der Waals surface area (Å²) in [6, 6.07) is 5.00. The molecule has 0 spiro atoms. The van der Waals surface area contributed by atoms with Crippen LogP contribution in [0, 0.1) is 17.0 Å². The highest BCUT2D eigenvalue weighted by atomic mass is 79.9. The van der Waals surface area contributed by atoms with Gasteiger partial charge in [0.25, 0.3) is 0 Å². The number of hydrogen-bond donors (Lipinski definition) is 2. The quantitative estimate of drug-likeness (QED) is 0.643. The van der Waals surface area contributed by atoms with E-state index in [2.05, 4.69) is 31.2 Å². The van der Waals surface area contributed by atoms with Gasteiger partial charge in [-0.15, -0.1) is 0 Å². The van der Waals surface area contributed by atoms with Crippen molar-refractivity contribution in [1.82, 2.24) is 9.97 Å². The van der Waals surface area contributed by atoms with Crippen LogP contribution in [0.3, 0.4) is 0 Å². The van der Waals surface area contributed by atoms with E-state index in [1.807, 2.05) is 0 Å². The Bertz CT molecular complexity index is 695. The van der Waals surface area contributed by atoms with E-state index in [-0.39, 0.29) is 23.1 Å². The number of benzene rings is 1. The highest BCUT2D eigenvalue weighted by Crippen LogP contribution is 2.31. The number of nitrogens with one attached hydrogen (secondary N) is 1. The average molecular weight is 359 g/mol. The molecule has 0 unspecified atom stereocenters. The van der Waals surface area contributed by atoms with Crippen molar-refractivity contribution in [2.75, 3.05) is 11.1 Å². The third kappa shape index (κ3) is 2.97. The summed E-state index contributed by atoms with van der Waals surface area (Å²) in [7, 11) is 0. The van der Waals surface area contributed by atoms with Crippen LogP contribution in [0.5, 0.6) is 0 Å². The number of aryl methyl sites for hydroxylation is 1. The van der Waals surface area contributed by atoms with Crippen molar-refractivity contribution in [1.29, 1.82) is 0 Å². The van der Waals surface area contributed by atoms with Crippen molar-refractivity contribution in [2.45, 2.75) is 6.92 Å². The lowest BCUT2D eigenvalue weighted by atomic mass is 10.3. The number of nitro groups is 1. The minimum atomic E-state index is -0.554. The number of halogens is 2. The second kappa shape index (κ2) is 5.59. The Morgan fingerprint density at radius 1 is 1.45 bits per heavy atom. The van der Waals surface area contributed by atoms with E-state index in [1.54, 1.807) is 18.2 Å². The van der Waals surface area contributed by atoms with Crippen LogP contribution in [0.4, 0.5) is 23.1 Å². The molecule has 3 N–H and O–H groups in total. The van der Waals surface area contributed by atoms with Gasteiger partial charge in [-0.05, 0) is 41.1 Å². The summed E-state index contributed by atoms with van der Waals surface area (Å²) in [4.78, 5) is 18.2. The lowest BCUT2D eigenvalue weighted by Gasteiger charge is -2.09. The number of nitrogen functional groups attached to an aromatic ring is 1. The normalized spacial score (nSPS) is 10.3. The van der Waals surface area contributed by atoms with Crippen LogP contribution >= 0.6 is 27.5 Å².